The zero-order valence-corrected chi connectivity index (χ0v) is 16.1. The number of fused-ring (bicyclic) bond motifs is 1. The Morgan fingerprint density at radius 3 is 2.56 bits per heavy atom. The maximum atomic E-state index is 12.1. The Hall–Kier alpha value is -2.86. The van der Waals surface area contributed by atoms with Crippen LogP contribution in [0, 0.1) is 6.92 Å². The summed E-state index contributed by atoms with van der Waals surface area (Å²) in [5.41, 5.74) is 1.15. The van der Waals surface area contributed by atoms with Gasteiger partial charge < -0.3 is 14.4 Å². The smallest absolute Gasteiger partial charge is 0.344 e. The third kappa shape index (κ3) is 5.08. The number of thiophene rings is 1. The van der Waals surface area contributed by atoms with E-state index in [1.165, 1.54) is 0 Å². The first-order valence-corrected chi connectivity index (χ1v) is 9.45. The van der Waals surface area contributed by atoms with Gasteiger partial charge in [-0.1, -0.05) is 30.3 Å². The molecule has 0 aliphatic carbocycles. The molecule has 0 N–H and O–H groups in total. The molecule has 0 saturated heterocycles. The highest BCUT2D eigenvalue weighted by atomic mass is 32.1. The van der Waals surface area contributed by atoms with Crippen LogP contribution < -0.4 is 4.74 Å². The minimum atomic E-state index is -0.572. The van der Waals surface area contributed by atoms with Gasteiger partial charge in [-0.25, -0.2) is 4.79 Å². The van der Waals surface area contributed by atoms with E-state index in [0.29, 0.717) is 12.3 Å². The van der Waals surface area contributed by atoms with Gasteiger partial charge in [0.1, 0.15) is 5.75 Å². The molecular weight excluding hydrogens is 362 g/mol. The predicted octanol–water partition coefficient (Wildman–Crippen LogP) is 3.79. The Bertz CT molecular complexity index is 950. The molecule has 1 heterocycles. The summed E-state index contributed by atoms with van der Waals surface area (Å²) in [6, 6.07) is 15.5. The normalized spacial score (nSPS) is 10.6. The van der Waals surface area contributed by atoms with E-state index in [1.54, 1.807) is 29.4 Å². The zero-order chi connectivity index (χ0) is 19.2. The monoisotopic (exact) mass is 383 g/mol. The van der Waals surface area contributed by atoms with Crippen molar-refractivity contribution in [3.8, 4) is 5.75 Å². The van der Waals surface area contributed by atoms with Gasteiger partial charge in [0, 0.05) is 11.9 Å². The Morgan fingerprint density at radius 1 is 1.04 bits per heavy atom. The SMILES string of the molecule is Cc1ccsc1CN(C)C(=O)COC(=O)COc1ccc2ccccc2c1. The van der Waals surface area contributed by atoms with Gasteiger partial charge in [0.25, 0.3) is 5.91 Å². The standard InChI is InChI=1S/C21H21NO4S/c1-15-9-10-27-19(15)12-22(2)20(23)13-26-21(24)14-25-18-8-7-16-5-3-4-6-17(16)11-18/h3-11H,12-14H2,1-2H3. The first-order chi connectivity index (χ1) is 13.0. The van der Waals surface area contributed by atoms with Crippen LogP contribution in [0.15, 0.2) is 53.9 Å². The number of likely N-dealkylation sites (N-methyl/N-ethyl adjacent to an activating group) is 1. The number of ether oxygens (including phenoxy) is 2. The van der Waals surface area contributed by atoms with Crippen LogP contribution in [0.5, 0.6) is 5.75 Å². The topological polar surface area (TPSA) is 55.8 Å². The molecule has 0 radical (unpaired) electrons. The van der Waals surface area contributed by atoms with Crippen LogP contribution in [0.4, 0.5) is 0 Å². The maximum Gasteiger partial charge on any atom is 0.344 e. The largest absolute Gasteiger partial charge is 0.482 e. The van der Waals surface area contributed by atoms with Gasteiger partial charge in [-0.15, -0.1) is 11.3 Å². The van der Waals surface area contributed by atoms with Gasteiger partial charge in [-0.05, 0) is 46.8 Å². The number of esters is 1. The van der Waals surface area contributed by atoms with E-state index in [-0.39, 0.29) is 19.1 Å². The van der Waals surface area contributed by atoms with Crippen LogP contribution in [-0.2, 0) is 20.9 Å². The summed E-state index contributed by atoms with van der Waals surface area (Å²) in [7, 11) is 1.70. The molecule has 1 aromatic heterocycles. The fourth-order valence-corrected chi connectivity index (χ4v) is 3.52. The summed E-state index contributed by atoms with van der Waals surface area (Å²) in [6.07, 6.45) is 0. The Labute approximate surface area is 162 Å². The highest BCUT2D eigenvalue weighted by Gasteiger charge is 2.14. The number of hydrogen-bond acceptors (Lipinski definition) is 5. The minimum Gasteiger partial charge on any atom is -0.482 e. The van der Waals surface area contributed by atoms with E-state index in [2.05, 4.69) is 0 Å². The number of rotatable bonds is 7. The highest BCUT2D eigenvalue weighted by Crippen LogP contribution is 2.20. The van der Waals surface area contributed by atoms with Crippen molar-refractivity contribution in [3.63, 3.8) is 0 Å². The van der Waals surface area contributed by atoms with E-state index >= 15 is 0 Å². The molecule has 3 rings (SSSR count). The quantitative estimate of drug-likeness (QED) is 0.583. The van der Waals surface area contributed by atoms with Gasteiger partial charge in [0.15, 0.2) is 13.2 Å². The van der Waals surface area contributed by atoms with Crippen molar-refractivity contribution in [2.24, 2.45) is 0 Å². The van der Waals surface area contributed by atoms with Gasteiger partial charge >= 0.3 is 5.97 Å². The van der Waals surface area contributed by atoms with Crippen LogP contribution in [0.1, 0.15) is 10.4 Å². The first-order valence-electron chi connectivity index (χ1n) is 8.57. The molecule has 0 aliphatic rings. The van der Waals surface area contributed by atoms with Crippen LogP contribution in [0.25, 0.3) is 10.8 Å². The fraction of sp³-hybridized carbons (Fsp3) is 0.238. The molecule has 27 heavy (non-hydrogen) atoms. The van der Waals surface area contributed by atoms with E-state index in [0.717, 1.165) is 21.2 Å². The maximum absolute atomic E-state index is 12.1. The van der Waals surface area contributed by atoms with Crippen LogP contribution in [-0.4, -0.2) is 37.0 Å². The molecule has 2 aromatic carbocycles. The highest BCUT2D eigenvalue weighted by molar-refractivity contribution is 7.10. The molecule has 140 valence electrons. The van der Waals surface area contributed by atoms with Crippen LogP contribution in [0.3, 0.4) is 0 Å². The molecule has 0 unspecified atom stereocenters. The summed E-state index contributed by atoms with van der Waals surface area (Å²) in [4.78, 5) is 26.7. The fourth-order valence-electron chi connectivity index (χ4n) is 2.56. The number of hydrogen-bond donors (Lipinski definition) is 0. The number of carbonyl (C=O) groups is 2. The van der Waals surface area contributed by atoms with Crippen molar-refractivity contribution >= 4 is 34.0 Å². The second kappa shape index (κ2) is 8.68. The molecule has 1 amide bonds. The summed E-state index contributed by atoms with van der Waals surface area (Å²) in [5, 5.41) is 4.12. The molecule has 0 fully saturated rings. The summed E-state index contributed by atoms with van der Waals surface area (Å²) in [5.74, 6) is -0.235. The Kier molecular flexibility index (Phi) is 6.08. The van der Waals surface area contributed by atoms with Crippen molar-refractivity contribution < 1.29 is 19.1 Å². The number of amides is 1. The lowest BCUT2D eigenvalue weighted by molar-refractivity contribution is -0.153. The summed E-state index contributed by atoms with van der Waals surface area (Å²) >= 11 is 1.60. The molecule has 0 saturated carbocycles. The van der Waals surface area contributed by atoms with E-state index in [4.69, 9.17) is 9.47 Å². The molecule has 0 atom stereocenters. The third-order valence-corrected chi connectivity index (χ3v) is 5.22. The molecule has 0 aliphatic heterocycles. The van der Waals surface area contributed by atoms with Crippen molar-refractivity contribution in [2.75, 3.05) is 20.3 Å². The average Bonchev–Trinajstić information content (AvgIpc) is 3.08. The van der Waals surface area contributed by atoms with Gasteiger partial charge in [-0.3, -0.25) is 4.79 Å². The lowest BCUT2D eigenvalue weighted by atomic mass is 10.1. The van der Waals surface area contributed by atoms with Crippen molar-refractivity contribution in [1.29, 1.82) is 0 Å². The number of carbonyl (C=O) groups excluding carboxylic acids is 2. The number of benzene rings is 2. The third-order valence-electron chi connectivity index (χ3n) is 4.21. The molecule has 6 heteroatoms. The summed E-state index contributed by atoms with van der Waals surface area (Å²) < 4.78 is 10.5. The van der Waals surface area contributed by atoms with Crippen molar-refractivity contribution in [1.82, 2.24) is 4.90 Å². The minimum absolute atomic E-state index is 0.237. The Morgan fingerprint density at radius 2 is 1.81 bits per heavy atom. The molecule has 5 nitrogen and oxygen atoms in total. The van der Waals surface area contributed by atoms with Gasteiger partial charge in [0.05, 0.1) is 6.54 Å². The lowest BCUT2D eigenvalue weighted by Gasteiger charge is -2.17. The van der Waals surface area contributed by atoms with E-state index in [1.807, 2.05) is 54.8 Å². The lowest BCUT2D eigenvalue weighted by Crippen LogP contribution is -2.31. The molecule has 0 spiro atoms. The van der Waals surface area contributed by atoms with E-state index in [9.17, 15) is 9.59 Å². The first kappa shape index (κ1) is 18.9. The zero-order valence-electron chi connectivity index (χ0n) is 15.3. The van der Waals surface area contributed by atoms with Gasteiger partial charge in [-0.2, -0.15) is 0 Å². The molecule has 0 bridgehead atoms. The van der Waals surface area contributed by atoms with Gasteiger partial charge in [0.2, 0.25) is 0 Å². The van der Waals surface area contributed by atoms with E-state index < -0.39 is 5.97 Å². The molecular formula is C21H21NO4S. The number of nitrogens with zero attached hydrogens (tertiary/aromatic N) is 1. The van der Waals surface area contributed by atoms with Crippen LogP contribution >= 0.6 is 11.3 Å². The molecule has 3 aromatic rings. The Balaban J connectivity index is 1.44. The van der Waals surface area contributed by atoms with Crippen molar-refractivity contribution in [3.05, 3.63) is 64.4 Å². The number of aryl methyl sites for hydroxylation is 1. The average molecular weight is 383 g/mol. The summed E-state index contributed by atoms with van der Waals surface area (Å²) in [6.45, 7) is 1.99. The van der Waals surface area contributed by atoms with Crippen LogP contribution in [0.2, 0.25) is 0 Å². The predicted molar refractivity (Wildman–Crippen MR) is 106 cm³/mol. The second-order valence-corrected chi connectivity index (χ2v) is 7.24. The van der Waals surface area contributed by atoms with Crippen molar-refractivity contribution in [2.45, 2.75) is 13.5 Å². The second-order valence-electron chi connectivity index (χ2n) is 6.23.